The van der Waals surface area contributed by atoms with Crippen molar-refractivity contribution in [2.45, 2.75) is 18.0 Å². The Bertz CT molecular complexity index is 1430. The molecule has 190 valence electrons. The molecule has 1 saturated heterocycles. The molecule has 0 atom stereocenters. The molecule has 0 saturated carbocycles. The third-order valence-corrected chi connectivity index (χ3v) is 7.82. The lowest BCUT2D eigenvalue weighted by molar-refractivity contribution is -0.384. The highest BCUT2D eigenvalue weighted by Crippen LogP contribution is 2.32. The third-order valence-electron chi connectivity index (χ3n) is 5.60. The number of nitro groups is 1. The Hall–Kier alpha value is -3.29. The van der Waals surface area contributed by atoms with E-state index in [0.29, 0.717) is 11.5 Å². The van der Waals surface area contributed by atoms with Crippen LogP contribution in [0.25, 0.3) is 11.4 Å². The minimum absolute atomic E-state index is 0.0701. The van der Waals surface area contributed by atoms with E-state index >= 15 is 0 Å². The zero-order valence-electron chi connectivity index (χ0n) is 18.7. The molecule has 0 aliphatic carbocycles. The van der Waals surface area contributed by atoms with Gasteiger partial charge in [0.2, 0.25) is 10.0 Å². The van der Waals surface area contributed by atoms with Gasteiger partial charge in [-0.2, -0.15) is 17.5 Å². The normalized spacial score (nSPS) is 15.2. The van der Waals surface area contributed by atoms with Crippen molar-refractivity contribution in [3.05, 3.63) is 74.9 Å². The van der Waals surface area contributed by atoms with Crippen molar-refractivity contribution in [1.82, 2.24) is 14.3 Å². The molecule has 2 heterocycles. The number of halogens is 4. The highest BCUT2D eigenvalue weighted by molar-refractivity contribution is 7.89. The quantitative estimate of drug-likeness (QED) is 0.344. The average Bonchev–Trinajstić information content (AvgIpc) is 2.83. The summed E-state index contributed by atoms with van der Waals surface area (Å²) in [6.45, 7) is 2.32. The van der Waals surface area contributed by atoms with Gasteiger partial charge in [-0.3, -0.25) is 10.1 Å². The van der Waals surface area contributed by atoms with Gasteiger partial charge in [-0.25, -0.2) is 18.4 Å². The van der Waals surface area contributed by atoms with Crippen molar-refractivity contribution in [2.75, 3.05) is 31.1 Å². The summed E-state index contributed by atoms with van der Waals surface area (Å²) >= 11 is 5.79. The average molecular weight is 542 g/mol. The predicted octanol–water partition coefficient (Wildman–Crippen LogP) is 4.54. The Balaban J connectivity index is 1.54. The fourth-order valence-electron chi connectivity index (χ4n) is 3.78. The minimum atomic E-state index is -4.50. The van der Waals surface area contributed by atoms with Crippen LogP contribution in [-0.4, -0.2) is 53.8 Å². The third kappa shape index (κ3) is 5.27. The summed E-state index contributed by atoms with van der Waals surface area (Å²) in [4.78, 5) is 20.7. The first-order chi connectivity index (χ1) is 16.9. The van der Waals surface area contributed by atoms with Gasteiger partial charge in [0.15, 0.2) is 5.82 Å². The van der Waals surface area contributed by atoms with Gasteiger partial charge in [0.25, 0.3) is 5.69 Å². The first-order valence-electron chi connectivity index (χ1n) is 10.6. The molecule has 9 nitrogen and oxygen atoms in total. The molecule has 3 aromatic rings. The monoisotopic (exact) mass is 541 g/mol. The topological polar surface area (TPSA) is 110 Å². The lowest BCUT2D eigenvalue weighted by Crippen LogP contribution is -2.49. The lowest BCUT2D eigenvalue weighted by Gasteiger charge is -2.34. The Morgan fingerprint density at radius 2 is 1.72 bits per heavy atom. The van der Waals surface area contributed by atoms with Crippen LogP contribution in [0.15, 0.2) is 53.4 Å². The molecule has 0 amide bonds. The molecule has 0 radical (unpaired) electrons. The highest BCUT2D eigenvalue weighted by Gasteiger charge is 2.32. The van der Waals surface area contributed by atoms with E-state index in [9.17, 15) is 31.7 Å². The standard InChI is InChI=1S/C22H19ClF3N5O4S/c1-14-11-20(28-21(27-14)15-3-2-4-16(12-15)22(24,25)26)29-7-9-30(10-8-29)36(34,35)17-5-6-18(23)19(13-17)31(32)33/h2-6,11-13H,7-10H2,1H3. The number of anilines is 1. The van der Waals surface area contributed by atoms with Crippen LogP contribution in [0.5, 0.6) is 0 Å². The summed E-state index contributed by atoms with van der Waals surface area (Å²) in [6, 6.07) is 9.71. The molecule has 4 rings (SSSR count). The number of benzene rings is 2. The summed E-state index contributed by atoms with van der Waals surface area (Å²) < 4.78 is 66.7. The summed E-state index contributed by atoms with van der Waals surface area (Å²) in [5, 5.41) is 11.0. The van der Waals surface area contributed by atoms with Gasteiger partial charge in [-0.15, -0.1) is 0 Å². The van der Waals surface area contributed by atoms with Crippen LogP contribution in [0.2, 0.25) is 5.02 Å². The van der Waals surface area contributed by atoms with Crippen molar-refractivity contribution >= 4 is 33.1 Å². The van der Waals surface area contributed by atoms with Gasteiger partial charge < -0.3 is 4.90 Å². The molecular weight excluding hydrogens is 523 g/mol. The van der Waals surface area contributed by atoms with Crippen LogP contribution in [0.3, 0.4) is 0 Å². The molecule has 1 aliphatic rings. The van der Waals surface area contributed by atoms with Crippen molar-refractivity contribution in [3.63, 3.8) is 0 Å². The fourth-order valence-corrected chi connectivity index (χ4v) is 5.41. The Morgan fingerprint density at radius 3 is 2.36 bits per heavy atom. The smallest absolute Gasteiger partial charge is 0.354 e. The second kappa shape index (κ2) is 9.64. The van der Waals surface area contributed by atoms with Gasteiger partial charge in [0, 0.05) is 49.6 Å². The number of alkyl halides is 3. The predicted molar refractivity (Wildman–Crippen MR) is 126 cm³/mol. The molecule has 0 unspecified atom stereocenters. The number of nitrogens with zero attached hydrogens (tertiary/aromatic N) is 5. The highest BCUT2D eigenvalue weighted by atomic mass is 35.5. The number of piperazine rings is 1. The van der Waals surface area contributed by atoms with E-state index in [-0.39, 0.29) is 47.5 Å². The van der Waals surface area contributed by atoms with E-state index in [1.54, 1.807) is 13.0 Å². The molecule has 0 bridgehead atoms. The first kappa shape index (κ1) is 25.8. The van der Waals surface area contributed by atoms with Crippen LogP contribution >= 0.6 is 11.6 Å². The first-order valence-corrected chi connectivity index (χ1v) is 12.4. The van der Waals surface area contributed by atoms with Crippen LogP contribution in [-0.2, 0) is 16.2 Å². The maximum Gasteiger partial charge on any atom is 0.416 e. The van der Waals surface area contributed by atoms with Gasteiger partial charge in [-0.1, -0.05) is 23.7 Å². The number of aryl methyl sites for hydroxylation is 1. The van der Waals surface area contributed by atoms with Crippen molar-refractivity contribution in [3.8, 4) is 11.4 Å². The van der Waals surface area contributed by atoms with Crippen molar-refractivity contribution in [1.29, 1.82) is 0 Å². The number of hydrogen-bond donors (Lipinski definition) is 0. The summed E-state index contributed by atoms with van der Waals surface area (Å²) in [6.07, 6.45) is -4.50. The zero-order valence-corrected chi connectivity index (χ0v) is 20.3. The van der Waals surface area contributed by atoms with Crippen molar-refractivity contribution in [2.24, 2.45) is 0 Å². The summed E-state index contributed by atoms with van der Waals surface area (Å²) in [5.41, 5.74) is -0.570. The van der Waals surface area contributed by atoms with Crippen LogP contribution in [0.1, 0.15) is 11.3 Å². The van der Waals surface area contributed by atoms with Crippen LogP contribution in [0, 0.1) is 17.0 Å². The van der Waals surface area contributed by atoms with Crippen molar-refractivity contribution < 1.29 is 26.5 Å². The number of sulfonamides is 1. The Kier molecular flexibility index (Phi) is 6.90. The molecule has 0 spiro atoms. The van der Waals surface area contributed by atoms with E-state index in [4.69, 9.17) is 11.6 Å². The van der Waals surface area contributed by atoms with E-state index in [1.165, 1.54) is 28.6 Å². The summed E-state index contributed by atoms with van der Waals surface area (Å²) in [5.74, 6) is 0.578. The lowest BCUT2D eigenvalue weighted by atomic mass is 10.1. The van der Waals surface area contributed by atoms with E-state index in [0.717, 1.165) is 18.2 Å². The van der Waals surface area contributed by atoms with Gasteiger partial charge in [0.1, 0.15) is 10.8 Å². The molecule has 0 N–H and O–H groups in total. The van der Waals surface area contributed by atoms with Crippen LogP contribution in [0.4, 0.5) is 24.7 Å². The number of rotatable bonds is 5. The van der Waals surface area contributed by atoms with Gasteiger partial charge >= 0.3 is 6.18 Å². The second-order valence-electron chi connectivity index (χ2n) is 8.03. The molecule has 36 heavy (non-hydrogen) atoms. The van der Waals surface area contributed by atoms with Crippen LogP contribution < -0.4 is 4.90 Å². The largest absolute Gasteiger partial charge is 0.416 e. The number of aromatic nitrogens is 2. The number of hydrogen-bond acceptors (Lipinski definition) is 7. The van der Waals surface area contributed by atoms with E-state index < -0.39 is 32.4 Å². The maximum atomic E-state index is 13.1. The summed E-state index contributed by atoms with van der Waals surface area (Å²) in [7, 11) is -4.01. The Labute approximate surface area is 209 Å². The molecule has 1 aromatic heterocycles. The molecular formula is C22H19ClF3N5O4S. The maximum absolute atomic E-state index is 13.1. The molecule has 14 heteroatoms. The zero-order chi connectivity index (χ0) is 26.3. The fraction of sp³-hybridized carbons (Fsp3) is 0.273. The number of nitro benzene ring substituents is 1. The van der Waals surface area contributed by atoms with Gasteiger partial charge in [0.05, 0.1) is 15.4 Å². The van der Waals surface area contributed by atoms with E-state index in [2.05, 4.69) is 9.97 Å². The van der Waals surface area contributed by atoms with E-state index in [1.807, 2.05) is 4.90 Å². The SMILES string of the molecule is Cc1cc(N2CCN(S(=O)(=O)c3ccc(Cl)c([N+](=O)[O-])c3)CC2)nc(-c2cccc(C(F)(F)F)c2)n1. The second-order valence-corrected chi connectivity index (χ2v) is 10.4. The molecule has 2 aromatic carbocycles. The molecule has 1 aliphatic heterocycles. The molecule has 1 fully saturated rings. The van der Waals surface area contributed by atoms with Gasteiger partial charge in [-0.05, 0) is 31.2 Å². The Morgan fingerprint density at radius 1 is 1.03 bits per heavy atom. The minimum Gasteiger partial charge on any atom is -0.354 e.